The van der Waals surface area contributed by atoms with Crippen molar-refractivity contribution in [2.45, 2.75) is 45.5 Å². The van der Waals surface area contributed by atoms with Crippen LogP contribution in [0, 0.1) is 0 Å². The van der Waals surface area contributed by atoms with Gasteiger partial charge < -0.3 is 18.8 Å². The van der Waals surface area contributed by atoms with Crippen LogP contribution >= 0.6 is 0 Å². The number of benzene rings is 1. The molecule has 1 fully saturated rings. The van der Waals surface area contributed by atoms with Crippen molar-refractivity contribution in [3.05, 3.63) is 18.2 Å². The first kappa shape index (κ1) is 16.0. The Balaban J connectivity index is 2.38. The van der Waals surface area contributed by atoms with E-state index in [1.807, 2.05) is 27.7 Å². The molecule has 0 spiro atoms. The van der Waals surface area contributed by atoms with Gasteiger partial charge in [0, 0.05) is 5.46 Å². The fourth-order valence-corrected chi connectivity index (χ4v) is 2.01. The van der Waals surface area contributed by atoms with Crippen molar-refractivity contribution in [2.75, 3.05) is 7.11 Å². The number of ether oxygens (including phenoxy) is 2. The number of rotatable bonds is 4. The summed E-state index contributed by atoms with van der Waals surface area (Å²) in [6.07, 6.45) is 0. The van der Waals surface area contributed by atoms with Gasteiger partial charge in [0.15, 0.2) is 0 Å². The molecule has 21 heavy (non-hydrogen) atoms. The average Bonchev–Trinajstić information content (AvgIpc) is 2.58. The molecule has 1 aromatic carbocycles. The maximum atomic E-state index is 12.5. The summed E-state index contributed by atoms with van der Waals surface area (Å²) in [5.41, 5.74) is -0.751. The third kappa shape index (κ3) is 3.13. The summed E-state index contributed by atoms with van der Waals surface area (Å²) in [6, 6.07) is 4.55. The minimum atomic E-state index is -2.92. The van der Waals surface area contributed by atoms with Crippen molar-refractivity contribution in [3.63, 3.8) is 0 Å². The van der Waals surface area contributed by atoms with Crippen LogP contribution in [-0.4, -0.2) is 32.0 Å². The first-order valence-electron chi connectivity index (χ1n) is 6.64. The van der Waals surface area contributed by atoms with Crippen LogP contribution in [0.3, 0.4) is 0 Å². The molecule has 0 atom stereocenters. The standard InChI is InChI=1S/C14H19BF2O4/c1-13(2)14(3,4)21-15(20-13)10-8-9(18-5)6-7-11(10)19-12(16)17/h6-8,12H,1-5H3. The third-order valence-electron chi connectivity index (χ3n) is 3.94. The Morgan fingerprint density at radius 2 is 1.67 bits per heavy atom. The van der Waals surface area contributed by atoms with E-state index in [4.69, 9.17) is 14.0 Å². The Morgan fingerprint density at radius 3 is 2.14 bits per heavy atom. The highest BCUT2D eigenvalue weighted by atomic mass is 19.3. The van der Waals surface area contributed by atoms with Gasteiger partial charge in [-0.15, -0.1) is 0 Å². The molecule has 1 saturated heterocycles. The zero-order valence-electron chi connectivity index (χ0n) is 12.8. The van der Waals surface area contributed by atoms with Gasteiger partial charge in [-0.05, 0) is 45.9 Å². The lowest BCUT2D eigenvalue weighted by atomic mass is 9.78. The molecule has 0 aliphatic carbocycles. The van der Waals surface area contributed by atoms with Gasteiger partial charge >= 0.3 is 13.7 Å². The molecule has 1 aliphatic rings. The molecule has 1 heterocycles. The molecule has 0 aromatic heterocycles. The summed E-state index contributed by atoms with van der Waals surface area (Å²) >= 11 is 0. The van der Waals surface area contributed by atoms with E-state index in [1.165, 1.54) is 13.2 Å². The molecular weight excluding hydrogens is 281 g/mol. The maximum Gasteiger partial charge on any atom is 0.498 e. The van der Waals surface area contributed by atoms with Crippen LogP contribution in [-0.2, 0) is 9.31 Å². The molecule has 0 amide bonds. The van der Waals surface area contributed by atoms with E-state index in [9.17, 15) is 8.78 Å². The second-order valence-corrected chi connectivity index (χ2v) is 5.87. The van der Waals surface area contributed by atoms with Crippen molar-refractivity contribution in [2.24, 2.45) is 0 Å². The summed E-state index contributed by atoms with van der Waals surface area (Å²) < 4.78 is 46.5. The molecule has 7 heteroatoms. The number of methoxy groups -OCH3 is 1. The van der Waals surface area contributed by atoms with Gasteiger partial charge in [0.1, 0.15) is 11.5 Å². The highest BCUT2D eigenvalue weighted by Gasteiger charge is 2.52. The van der Waals surface area contributed by atoms with E-state index in [2.05, 4.69) is 4.74 Å². The van der Waals surface area contributed by atoms with Crippen LogP contribution in [0.1, 0.15) is 27.7 Å². The van der Waals surface area contributed by atoms with E-state index in [0.29, 0.717) is 11.2 Å². The van der Waals surface area contributed by atoms with E-state index >= 15 is 0 Å². The molecule has 0 bridgehead atoms. The van der Waals surface area contributed by atoms with Crippen LogP contribution in [0.25, 0.3) is 0 Å². The number of hydrogen-bond donors (Lipinski definition) is 0. The predicted octanol–water partition coefficient (Wildman–Crippen LogP) is 2.60. The largest absolute Gasteiger partial charge is 0.498 e. The molecule has 0 radical (unpaired) electrons. The highest BCUT2D eigenvalue weighted by Crippen LogP contribution is 2.37. The van der Waals surface area contributed by atoms with Gasteiger partial charge in [-0.1, -0.05) is 0 Å². The van der Waals surface area contributed by atoms with Gasteiger partial charge in [-0.2, -0.15) is 8.78 Å². The zero-order valence-corrected chi connectivity index (χ0v) is 12.8. The SMILES string of the molecule is COc1ccc(OC(F)F)c(B2OC(C)(C)C(C)(C)O2)c1. The summed E-state index contributed by atoms with van der Waals surface area (Å²) in [7, 11) is 0.704. The smallest absolute Gasteiger partial charge is 0.497 e. The lowest BCUT2D eigenvalue weighted by Gasteiger charge is -2.32. The van der Waals surface area contributed by atoms with Crippen molar-refractivity contribution in [3.8, 4) is 11.5 Å². The molecule has 1 aromatic rings. The molecule has 0 N–H and O–H groups in total. The Hall–Kier alpha value is -1.34. The Bertz CT molecular complexity index is 504. The van der Waals surface area contributed by atoms with E-state index in [1.54, 1.807) is 12.1 Å². The Morgan fingerprint density at radius 1 is 1.10 bits per heavy atom. The Kier molecular flexibility index (Phi) is 4.17. The second-order valence-electron chi connectivity index (χ2n) is 5.87. The van der Waals surface area contributed by atoms with E-state index < -0.39 is 24.9 Å². The first-order valence-corrected chi connectivity index (χ1v) is 6.64. The molecular formula is C14H19BF2O4. The number of alkyl halides is 2. The number of halogens is 2. The van der Waals surface area contributed by atoms with Crippen LogP contribution < -0.4 is 14.9 Å². The summed E-state index contributed by atoms with van der Waals surface area (Å²) in [5.74, 6) is 0.533. The molecule has 4 nitrogen and oxygen atoms in total. The first-order chi connectivity index (χ1) is 9.66. The summed E-state index contributed by atoms with van der Waals surface area (Å²) in [6.45, 7) is 4.64. The third-order valence-corrected chi connectivity index (χ3v) is 3.94. The molecule has 0 unspecified atom stereocenters. The van der Waals surface area contributed by atoms with Gasteiger partial charge in [-0.25, -0.2) is 0 Å². The molecule has 116 valence electrons. The van der Waals surface area contributed by atoms with Crippen molar-refractivity contribution < 1.29 is 27.6 Å². The normalized spacial score (nSPS) is 19.9. The monoisotopic (exact) mass is 300 g/mol. The van der Waals surface area contributed by atoms with Gasteiger partial charge in [0.25, 0.3) is 0 Å². The molecule has 2 rings (SSSR count). The van der Waals surface area contributed by atoms with E-state index in [0.717, 1.165) is 0 Å². The minimum Gasteiger partial charge on any atom is -0.497 e. The molecule has 1 aliphatic heterocycles. The average molecular weight is 300 g/mol. The topological polar surface area (TPSA) is 36.9 Å². The van der Waals surface area contributed by atoms with Crippen LogP contribution in [0.15, 0.2) is 18.2 Å². The Labute approximate surface area is 123 Å². The highest BCUT2D eigenvalue weighted by molar-refractivity contribution is 6.63. The van der Waals surface area contributed by atoms with Crippen molar-refractivity contribution in [1.82, 2.24) is 0 Å². The van der Waals surface area contributed by atoms with Gasteiger partial charge in [0.05, 0.1) is 18.3 Å². The van der Waals surface area contributed by atoms with Crippen molar-refractivity contribution in [1.29, 1.82) is 0 Å². The zero-order chi connectivity index (χ0) is 15.8. The molecule has 0 saturated carbocycles. The number of hydrogen-bond acceptors (Lipinski definition) is 4. The van der Waals surface area contributed by atoms with E-state index in [-0.39, 0.29) is 5.75 Å². The lowest BCUT2D eigenvalue weighted by Crippen LogP contribution is -2.41. The lowest BCUT2D eigenvalue weighted by molar-refractivity contribution is -0.0492. The minimum absolute atomic E-state index is 0.0179. The summed E-state index contributed by atoms with van der Waals surface area (Å²) in [4.78, 5) is 0. The second kappa shape index (κ2) is 5.46. The van der Waals surface area contributed by atoms with Crippen molar-refractivity contribution >= 4 is 12.6 Å². The van der Waals surface area contributed by atoms with Gasteiger partial charge in [0.2, 0.25) is 0 Å². The fourth-order valence-electron chi connectivity index (χ4n) is 2.01. The van der Waals surface area contributed by atoms with Crippen LogP contribution in [0.2, 0.25) is 0 Å². The van der Waals surface area contributed by atoms with Gasteiger partial charge in [-0.3, -0.25) is 0 Å². The predicted molar refractivity (Wildman–Crippen MR) is 75.3 cm³/mol. The fraction of sp³-hybridized carbons (Fsp3) is 0.571. The van der Waals surface area contributed by atoms with Crippen LogP contribution in [0.4, 0.5) is 8.78 Å². The van der Waals surface area contributed by atoms with Crippen LogP contribution in [0.5, 0.6) is 11.5 Å². The summed E-state index contributed by atoms with van der Waals surface area (Å²) in [5, 5.41) is 0. The maximum absolute atomic E-state index is 12.5. The quantitative estimate of drug-likeness (QED) is 0.801.